The Balaban J connectivity index is 2.38. The van der Waals surface area contributed by atoms with Crippen molar-refractivity contribution in [2.24, 2.45) is 11.8 Å². The molecule has 0 saturated heterocycles. The van der Waals surface area contributed by atoms with Crippen molar-refractivity contribution in [3.8, 4) is 0 Å². The lowest BCUT2D eigenvalue weighted by Crippen LogP contribution is -2.44. The van der Waals surface area contributed by atoms with Crippen molar-refractivity contribution in [3.05, 3.63) is 0 Å². The lowest BCUT2D eigenvalue weighted by Gasteiger charge is -2.38. The Morgan fingerprint density at radius 2 is 0.783 bits per heavy atom. The van der Waals surface area contributed by atoms with Crippen LogP contribution in [-0.2, 0) is 19.1 Å². The quantitative estimate of drug-likeness (QED) is 0.0449. The number of rotatable bonds is 47. The van der Waals surface area contributed by atoms with Gasteiger partial charge in [-0.05, 0) is 95.7 Å². The summed E-state index contributed by atoms with van der Waals surface area (Å²) < 4.78 is 11.7. The number of ether oxygens (including phenoxy) is 2. The SMILES string of the molecule is CCCCCCCCC(CCCCCC)COC(=O)CCCCCCN(CCCCCCC(=O)OCC(CCCCCC)CCCCCCCC)CCN(CC)C1CCC1. The van der Waals surface area contributed by atoms with E-state index in [0.29, 0.717) is 37.9 Å². The molecule has 0 bridgehead atoms. The van der Waals surface area contributed by atoms with Crippen LogP contribution in [0.25, 0.3) is 0 Å². The zero-order valence-corrected chi connectivity index (χ0v) is 41.4. The highest BCUT2D eigenvalue weighted by Crippen LogP contribution is 2.25. The second-order valence-electron chi connectivity index (χ2n) is 19.3. The van der Waals surface area contributed by atoms with Gasteiger partial charge in [-0.2, -0.15) is 0 Å². The molecule has 60 heavy (non-hydrogen) atoms. The normalized spacial score (nSPS) is 14.2. The van der Waals surface area contributed by atoms with Gasteiger partial charge in [-0.1, -0.05) is 195 Å². The van der Waals surface area contributed by atoms with Crippen molar-refractivity contribution in [1.29, 1.82) is 0 Å². The molecule has 0 spiro atoms. The summed E-state index contributed by atoms with van der Waals surface area (Å²) in [5, 5.41) is 0. The van der Waals surface area contributed by atoms with Gasteiger partial charge in [0, 0.05) is 32.0 Å². The predicted octanol–water partition coefficient (Wildman–Crippen LogP) is 15.8. The number of unbranched alkanes of at least 4 members (excludes halogenated alkanes) is 22. The van der Waals surface area contributed by atoms with Gasteiger partial charge in [-0.25, -0.2) is 0 Å². The maximum atomic E-state index is 12.7. The highest BCUT2D eigenvalue weighted by molar-refractivity contribution is 5.69. The monoisotopic (exact) mass is 847 g/mol. The molecule has 2 atom stereocenters. The molecule has 0 radical (unpaired) electrons. The average Bonchev–Trinajstić information content (AvgIpc) is 3.23. The van der Waals surface area contributed by atoms with Gasteiger partial charge in [0.05, 0.1) is 13.2 Å². The third-order valence-corrected chi connectivity index (χ3v) is 13.7. The molecule has 0 aromatic rings. The van der Waals surface area contributed by atoms with Crippen LogP contribution in [0.15, 0.2) is 0 Å². The summed E-state index contributed by atoms with van der Waals surface area (Å²) in [6.45, 7) is 18.5. The Kier molecular flexibility index (Phi) is 40.9. The summed E-state index contributed by atoms with van der Waals surface area (Å²) in [4.78, 5) is 30.9. The molecule has 356 valence electrons. The van der Waals surface area contributed by atoms with Crippen LogP contribution in [0.5, 0.6) is 0 Å². The van der Waals surface area contributed by atoms with E-state index in [9.17, 15) is 9.59 Å². The van der Waals surface area contributed by atoms with Crippen molar-refractivity contribution in [1.82, 2.24) is 9.80 Å². The van der Waals surface area contributed by atoms with Crippen LogP contribution in [0.2, 0.25) is 0 Å². The number of carbonyl (C=O) groups is 2. The summed E-state index contributed by atoms with van der Waals surface area (Å²) in [5.74, 6) is 1.12. The molecule has 2 unspecified atom stereocenters. The van der Waals surface area contributed by atoms with Crippen LogP contribution in [0.3, 0.4) is 0 Å². The van der Waals surface area contributed by atoms with E-state index in [1.165, 1.54) is 206 Å². The second kappa shape index (κ2) is 43.1. The minimum atomic E-state index is 0.0209. The highest BCUT2D eigenvalue weighted by atomic mass is 16.5. The molecule has 0 amide bonds. The molecule has 6 heteroatoms. The molecule has 6 nitrogen and oxygen atoms in total. The Labute approximate surface area is 375 Å². The van der Waals surface area contributed by atoms with Gasteiger partial charge in [-0.15, -0.1) is 0 Å². The van der Waals surface area contributed by atoms with Crippen molar-refractivity contribution in [2.75, 3.05) is 45.9 Å². The lowest BCUT2D eigenvalue weighted by atomic mass is 9.91. The van der Waals surface area contributed by atoms with Crippen LogP contribution in [-0.4, -0.2) is 73.7 Å². The zero-order valence-electron chi connectivity index (χ0n) is 41.4. The molecule has 0 N–H and O–H groups in total. The maximum Gasteiger partial charge on any atom is 0.305 e. The number of esters is 2. The second-order valence-corrected chi connectivity index (χ2v) is 19.3. The zero-order chi connectivity index (χ0) is 43.6. The van der Waals surface area contributed by atoms with E-state index in [-0.39, 0.29) is 11.9 Å². The van der Waals surface area contributed by atoms with Crippen molar-refractivity contribution >= 4 is 11.9 Å². The molecule has 1 fully saturated rings. The van der Waals surface area contributed by atoms with E-state index in [0.717, 1.165) is 57.9 Å². The van der Waals surface area contributed by atoms with Gasteiger partial charge in [0.25, 0.3) is 0 Å². The Morgan fingerprint density at radius 1 is 0.433 bits per heavy atom. The third-order valence-electron chi connectivity index (χ3n) is 13.7. The Morgan fingerprint density at radius 3 is 1.15 bits per heavy atom. The van der Waals surface area contributed by atoms with Gasteiger partial charge < -0.3 is 14.4 Å². The number of likely N-dealkylation sites (N-methyl/N-ethyl adjacent to an activating group) is 1. The van der Waals surface area contributed by atoms with Gasteiger partial charge in [0.1, 0.15) is 0 Å². The van der Waals surface area contributed by atoms with Gasteiger partial charge in [0.15, 0.2) is 0 Å². The minimum Gasteiger partial charge on any atom is -0.465 e. The maximum absolute atomic E-state index is 12.7. The van der Waals surface area contributed by atoms with E-state index >= 15 is 0 Å². The van der Waals surface area contributed by atoms with Crippen molar-refractivity contribution in [3.63, 3.8) is 0 Å². The number of hydrogen-bond acceptors (Lipinski definition) is 6. The van der Waals surface area contributed by atoms with E-state index in [1.54, 1.807) is 0 Å². The molecule has 0 aromatic heterocycles. The van der Waals surface area contributed by atoms with Crippen LogP contribution >= 0.6 is 0 Å². The van der Waals surface area contributed by atoms with Gasteiger partial charge in [-0.3, -0.25) is 14.5 Å². The first-order valence-electron chi connectivity index (χ1n) is 27.2. The van der Waals surface area contributed by atoms with Gasteiger partial charge >= 0.3 is 11.9 Å². The van der Waals surface area contributed by atoms with Crippen molar-refractivity contribution in [2.45, 2.75) is 278 Å². The fourth-order valence-corrected chi connectivity index (χ4v) is 9.21. The summed E-state index contributed by atoms with van der Waals surface area (Å²) in [5.41, 5.74) is 0. The molecule has 0 heterocycles. The molecular weight excluding hydrogens is 741 g/mol. The molecule has 1 saturated carbocycles. The van der Waals surface area contributed by atoms with E-state index < -0.39 is 0 Å². The number of nitrogens with zero attached hydrogens (tertiary/aromatic N) is 2. The van der Waals surface area contributed by atoms with E-state index in [4.69, 9.17) is 9.47 Å². The molecule has 0 aliphatic heterocycles. The first-order chi connectivity index (χ1) is 29.5. The van der Waals surface area contributed by atoms with Crippen LogP contribution in [0, 0.1) is 11.8 Å². The fourth-order valence-electron chi connectivity index (χ4n) is 9.21. The highest BCUT2D eigenvalue weighted by Gasteiger charge is 2.24. The number of carbonyl (C=O) groups excluding carboxylic acids is 2. The topological polar surface area (TPSA) is 59.1 Å². The fraction of sp³-hybridized carbons (Fsp3) is 0.963. The first-order valence-corrected chi connectivity index (χ1v) is 27.2. The minimum absolute atomic E-state index is 0.0209. The van der Waals surface area contributed by atoms with Gasteiger partial charge in [0.2, 0.25) is 0 Å². The van der Waals surface area contributed by atoms with E-state index in [2.05, 4.69) is 44.4 Å². The van der Waals surface area contributed by atoms with Crippen LogP contribution in [0.4, 0.5) is 0 Å². The largest absolute Gasteiger partial charge is 0.465 e. The predicted molar refractivity (Wildman–Crippen MR) is 260 cm³/mol. The summed E-state index contributed by atoms with van der Waals surface area (Å²) >= 11 is 0. The standard InChI is InChI=1S/C54H106N2O4/c1-6-11-15-19-21-29-38-50(36-27-17-13-8-3)48-59-53(57)42-31-23-25-33-44-55(46-47-56(10-5)52-40-35-41-52)45-34-26-24-32-43-54(58)60-49-51(37-28-18-14-9-4)39-30-22-20-16-12-7-2/h50-52H,6-49H2,1-5H3. The third kappa shape index (κ3) is 34.4. The lowest BCUT2D eigenvalue weighted by molar-refractivity contribution is -0.146. The molecule has 1 aliphatic carbocycles. The van der Waals surface area contributed by atoms with E-state index in [1.807, 2.05) is 0 Å². The summed E-state index contributed by atoms with van der Waals surface area (Å²) in [6.07, 6.45) is 45.3. The summed E-state index contributed by atoms with van der Waals surface area (Å²) in [6, 6.07) is 0.801. The molecule has 1 aliphatic rings. The molecular formula is C54H106N2O4. The number of hydrogen-bond donors (Lipinski definition) is 0. The summed E-state index contributed by atoms with van der Waals surface area (Å²) in [7, 11) is 0. The molecule has 0 aromatic carbocycles. The molecule has 1 rings (SSSR count). The van der Waals surface area contributed by atoms with Crippen LogP contribution < -0.4 is 0 Å². The average molecular weight is 847 g/mol. The smallest absolute Gasteiger partial charge is 0.305 e. The van der Waals surface area contributed by atoms with Crippen molar-refractivity contribution < 1.29 is 19.1 Å². The van der Waals surface area contributed by atoms with Crippen LogP contribution in [0.1, 0.15) is 272 Å². The first kappa shape index (κ1) is 56.9. The Bertz CT molecular complexity index is 865. The Hall–Kier alpha value is -1.14.